The Morgan fingerprint density at radius 3 is 2.00 bits per heavy atom. The van der Waals surface area contributed by atoms with Crippen molar-refractivity contribution in [3.8, 4) is 0 Å². The van der Waals surface area contributed by atoms with Crippen molar-refractivity contribution in [2.45, 2.75) is 20.3 Å². The third kappa shape index (κ3) is 7.66. The van der Waals surface area contributed by atoms with E-state index in [1.807, 2.05) is 0 Å². The average Bonchev–Trinajstić information content (AvgIpc) is 1.65. The van der Waals surface area contributed by atoms with Gasteiger partial charge in [-0.15, -0.1) is 0 Å². The maximum atomic E-state index is 10.2. The summed E-state index contributed by atoms with van der Waals surface area (Å²) in [7, 11) is 0. The second-order valence-electron chi connectivity index (χ2n) is 1.32. The first-order chi connectivity index (χ1) is 3.66. The Bertz CT molecular complexity index is 111. The average molecular weight is 180 g/mol. The molecule has 0 aromatic carbocycles. The van der Waals surface area contributed by atoms with Gasteiger partial charge in [0.05, 0.1) is 0 Å². The van der Waals surface area contributed by atoms with E-state index in [9.17, 15) is 9.59 Å². The number of rotatable bonds is 1. The van der Waals surface area contributed by atoms with Gasteiger partial charge in [-0.2, -0.15) is 0 Å². The van der Waals surface area contributed by atoms with E-state index in [0.29, 0.717) is 0 Å². The summed E-state index contributed by atoms with van der Waals surface area (Å²) in [6.45, 7) is 2.83. The summed E-state index contributed by atoms with van der Waals surface area (Å²) >= 11 is 0. The molecule has 0 aliphatic heterocycles. The van der Waals surface area contributed by atoms with Gasteiger partial charge in [0.2, 0.25) is 0 Å². The van der Waals surface area contributed by atoms with Crippen LogP contribution < -0.4 is 0 Å². The van der Waals surface area contributed by atoms with Crippen molar-refractivity contribution in [3.63, 3.8) is 0 Å². The van der Waals surface area contributed by atoms with Gasteiger partial charge in [0.25, 0.3) is 0 Å². The smallest absolute Gasteiger partial charge is 0.313 e. The Kier molecular flexibility index (Phi) is 7.37. The topological polar surface area (TPSA) is 43.4 Å². The standard InChI is InChI=1S/C5H8O3.Cu/c1-3-5(7)8-4(2)6;/h3H2,1-2H3;. The van der Waals surface area contributed by atoms with Crippen molar-refractivity contribution >= 4 is 11.9 Å². The van der Waals surface area contributed by atoms with Gasteiger partial charge in [0.15, 0.2) is 0 Å². The van der Waals surface area contributed by atoms with Gasteiger partial charge in [-0.25, -0.2) is 0 Å². The first-order valence-electron chi connectivity index (χ1n) is 2.38. The molecule has 0 saturated carbocycles. The van der Waals surface area contributed by atoms with Gasteiger partial charge in [-0.05, 0) is 0 Å². The number of hydrogen-bond donors (Lipinski definition) is 0. The molecule has 0 aliphatic carbocycles. The maximum absolute atomic E-state index is 10.2. The zero-order valence-electron chi connectivity index (χ0n) is 5.23. The van der Waals surface area contributed by atoms with E-state index in [4.69, 9.17) is 0 Å². The molecule has 0 heterocycles. The Labute approximate surface area is 64.2 Å². The van der Waals surface area contributed by atoms with Gasteiger partial charge in [-0.1, -0.05) is 6.92 Å². The van der Waals surface area contributed by atoms with Crippen LogP contribution in [-0.2, 0) is 31.4 Å². The Hall–Kier alpha value is -0.341. The summed E-state index contributed by atoms with van der Waals surface area (Å²) in [4.78, 5) is 20.1. The van der Waals surface area contributed by atoms with Crippen LogP contribution in [0.3, 0.4) is 0 Å². The fourth-order valence-electron chi connectivity index (χ4n) is 0.232. The molecule has 57 valence electrons. The number of hydrogen-bond acceptors (Lipinski definition) is 3. The predicted molar refractivity (Wildman–Crippen MR) is 27.1 cm³/mol. The first kappa shape index (κ1) is 11.5. The summed E-state index contributed by atoms with van der Waals surface area (Å²) in [6, 6.07) is 0. The molecule has 0 atom stereocenters. The second-order valence-corrected chi connectivity index (χ2v) is 1.32. The zero-order chi connectivity index (χ0) is 6.57. The minimum atomic E-state index is -0.545. The minimum Gasteiger partial charge on any atom is -0.393 e. The van der Waals surface area contributed by atoms with Crippen LogP contribution in [0.5, 0.6) is 0 Å². The molecule has 0 fully saturated rings. The number of carbonyl (C=O) groups excluding carboxylic acids is 2. The van der Waals surface area contributed by atoms with Crippen LogP contribution in [0.15, 0.2) is 0 Å². The molecular weight excluding hydrogens is 172 g/mol. The molecule has 0 amide bonds. The van der Waals surface area contributed by atoms with E-state index in [2.05, 4.69) is 4.74 Å². The third-order valence-corrected chi connectivity index (χ3v) is 0.546. The number of carbonyl (C=O) groups is 2. The normalized spacial score (nSPS) is 7.33. The van der Waals surface area contributed by atoms with E-state index >= 15 is 0 Å². The van der Waals surface area contributed by atoms with Crippen molar-refractivity contribution in [2.75, 3.05) is 0 Å². The van der Waals surface area contributed by atoms with Crippen LogP contribution in [-0.4, -0.2) is 11.9 Å². The molecule has 0 aliphatic rings. The quantitative estimate of drug-likeness (QED) is 0.334. The summed E-state index contributed by atoms with van der Waals surface area (Å²) < 4.78 is 4.12. The maximum Gasteiger partial charge on any atom is 0.313 e. The Balaban J connectivity index is 0. The molecule has 0 N–H and O–H groups in total. The molecule has 0 aromatic rings. The van der Waals surface area contributed by atoms with Gasteiger partial charge in [-0.3, -0.25) is 9.59 Å². The monoisotopic (exact) mass is 179 g/mol. The van der Waals surface area contributed by atoms with E-state index in [0.717, 1.165) is 0 Å². The van der Waals surface area contributed by atoms with E-state index in [-0.39, 0.29) is 23.5 Å². The molecule has 0 saturated heterocycles. The molecule has 0 rings (SSSR count). The SMILES string of the molecule is CCC(=O)OC(C)=O.[Cu]. The fraction of sp³-hybridized carbons (Fsp3) is 0.600. The largest absolute Gasteiger partial charge is 0.393 e. The van der Waals surface area contributed by atoms with Crippen LogP contribution >= 0.6 is 0 Å². The van der Waals surface area contributed by atoms with E-state index in [1.54, 1.807) is 6.92 Å². The van der Waals surface area contributed by atoms with Crippen LogP contribution in [0.1, 0.15) is 20.3 Å². The van der Waals surface area contributed by atoms with Gasteiger partial charge in [0.1, 0.15) is 0 Å². The van der Waals surface area contributed by atoms with Gasteiger partial charge < -0.3 is 4.74 Å². The van der Waals surface area contributed by atoms with Gasteiger partial charge >= 0.3 is 11.9 Å². The second kappa shape index (κ2) is 5.79. The summed E-state index contributed by atoms with van der Waals surface area (Å²) in [5.41, 5.74) is 0. The van der Waals surface area contributed by atoms with Crippen molar-refractivity contribution in [1.29, 1.82) is 0 Å². The summed E-state index contributed by atoms with van der Waals surface area (Å²) in [6.07, 6.45) is 0.250. The Morgan fingerprint density at radius 2 is 1.89 bits per heavy atom. The molecule has 4 heteroatoms. The van der Waals surface area contributed by atoms with Crippen molar-refractivity contribution in [3.05, 3.63) is 0 Å². The third-order valence-electron chi connectivity index (χ3n) is 0.546. The van der Waals surface area contributed by atoms with Gasteiger partial charge in [0, 0.05) is 30.4 Å². The molecule has 0 aromatic heterocycles. The molecule has 3 nitrogen and oxygen atoms in total. The number of ether oxygens (including phenoxy) is 1. The fourth-order valence-corrected chi connectivity index (χ4v) is 0.232. The van der Waals surface area contributed by atoms with E-state index in [1.165, 1.54) is 6.92 Å². The molecule has 1 radical (unpaired) electrons. The van der Waals surface area contributed by atoms with Crippen LogP contribution in [0.2, 0.25) is 0 Å². The van der Waals surface area contributed by atoms with Crippen LogP contribution in [0.25, 0.3) is 0 Å². The van der Waals surface area contributed by atoms with Crippen molar-refractivity contribution < 1.29 is 31.4 Å². The Morgan fingerprint density at radius 1 is 1.44 bits per heavy atom. The minimum absolute atomic E-state index is 0. The molecule has 0 unspecified atom stereocenters. The van der Waals surface area contributed by atoms with Crippen LogP contribution in [0, 0.1) is 0 Å². The predicted octanol–water partition coefficient (Wildman–Crippen LogP) is 0.484. The molecule has 9 heavy (non-hydrogen) atoms. The molecule has 0 spiro atoms. The van der Waals surface area contributed by atoms with Crippen molar-refractivity contribution in [1.82, 2.24) is 0 Å². The molecular formula is C5H8CuO3. The first-order valence-corrected chi connectivity index (χ1v) is 2.38. The van der Waals surface area contributed by atoms with Crippen LogP contribution in [0.4, 0.5) is 0 Å². The summed E-state index contributed by atoms with van der Waals surface area (Å²) in [5, 5.41) is 0. The zero-order valence-corrected chi connectivity index (χ0v) is 6.18. The van der Waals surface area contributed by atoms with E-state index < -0.39 is 11.9 Å². The molecule has 0 bridgehead atoms. The van der Waals surface area contributed by atoms with Crippen molar-refractivity contribution in [2.24, 2.45) is 0 Å². The summed E-state index contributed by atoms with van der Waals surface area (Å²) in [5.74, 6) is -1.02. The number of esters is 2.